The summed E-state index contributed by atoms with van der Waals surface area (Å²) in [4.78, 5) is 3.84. The van der Waals surface area contributed by atoms with Crippen molar-refractivity contribution in [3.63, 3.8) is 0 Å². The van der Waals surface area contributed by atoms with Crippen molar-refractivity contribution in [1.82, 2.24) is 9.55 Å². The van der Waals surface area contributed by atoms with Crippen LogP contribution in [0.4, 0.5) is 0 Å². The van der Waals surface area contributed by atoms with Crippen molar-refractivity contribution < 1.29 is 10.2 Å². The fraction of sp³-hybridized carbons (Fsp3) is 0.571. The first-order valence-electron chi connectivity index (χ1n) is 3.57. The van der Waals surface area contributed by atoms with Gasteiger partial charge >= 0.3 is 0 Å². The van der Waals surface area contributed by atoms with Gasteiger partial charge in [0.25, 0.3) is 0 Å². The molecule has 0 bridgehead atoms. The molecule has 1 unspecified atom stereocenters. The lowest BCUT2D eigenvalue weighted by Crippen LogP contribution is -2.12. The molecule has 1 heterocycles. The van der Waals surface area contributed by atoms with E-state index in [2.05, 4.69) is 4.98 Å². The molecule has 0 radical (unpaired) electrons. The van der Waals surface area contributed by atoms with E-state index in [4.69, 9.17) is 10.2 Å². The fourth-order valence-electron chi connectivity index (χ4n) is 0.969. The second kappa shape index (κ2) is 4.10. The molecular formula is C7H12N2O2. The number of aliphatic hydroxyl groups excluding tert-OH is 2. The Balaban J connectivity index is 2.56. The monoisotopic (exact) mass is 156 g/mol. The van der Waals surface area contributed by atoms with E-state index in [1.165, 1.54) is 0 Å². The third kappa shape index (κ3) is 2.03. The summed E-state index contributed by atoms with van der Waals surface area (Å²) in [5.74, 6) is 0. The molecule has 0 spiro atoms. The molecule has 0 fully saturated rings. The van der Waals surface area contributed by atoms with Crippen molar-refractivity contribution in [3.05, 3.63) is 18.7 Å². The maximum atomic E-state index is 8.87. The van der Waals surface area contributed by atoms with Crippen molar-refractivity contribution >= 4 is 0 Å². The van der Waals surface area contributed by atoms with Gasteiger partial charge in [-0.25, -0.2) is 4.98 Å². The molecule has 1 rings (SSSR count). The molecule has 0 aliphatic rings. The largest absolute Gasteiger partial charge is 0.396 e. The number of nitrogens with zero attached hydrogens (tertiary/aromatic N) is 2. The van der Waals surface area contributed by atoms with Gasteiger partial charge in [0, 0.05) is 19.0 Å². The SMILES string of the molecule is OCCC(CO)n1ccnc1. The van der Waals surface area contributed by atoms with Gasteiger partial charge in [-0.2, -0.15) is 0 Å². The number of aromatic nitrogens is 2. The Morgan fingerprint density at radius 3 is 2.73 bits per heavy atom. The summed E-state index contributed by atoms with van der Waals surface area (Å²) in [5.41, 5.74) is 0. The molecule has 1 aromatic heterocycles. The lowest BCUT2D eigenvalue weighted by Gasteiger charge is -2.13. The summed E-state index contributed by atoms with van der Waals surface area (Å²) < 4.78 is 1.79. The van der Waals surface area contributed by atoms with Gasteiger partial charge in [-0.3, -0.25) is 0 Å². The Morgan fingerprint density at radius 2 is 2.27 bits per heavy atom. The van der Waals surface area contributed by atoms with Crippen molar-refractivity contribution in [2.45, 2.75) is 12.5 Å². The predicted molar refractivity (Wildman–Crippen MR) is 40.1 cm³/mol. The fourth-order valence-corrected chi connectivity index (χ4v) is 0.969. The zero-order valence-corrected chi connectivity index (χ0v) is 6.22. The van der Waals surface area contributed by atoms with Crippen LogP contribution in [0.3, 0.4) is 0 Å². The molecule has 11 heavy (non-hydrogen) atoms. The van der Waals surface area contributed by atoms with Gasteiger partial charge < -0.3 is 14.8 Å². The minimum atomic E-state index is -0.0394. The van der Waals surface area contributed by atoms with Crippen LogP contribution in [-0.2, 0) is 0 Å². The van der Waals surface area contributed by atoms with E-state index in [1.54, 1.807) is 23.3 Å². The Labute approximate surface area is 65.1 Å². The van der Waals surface area contributed by atoms with Crippen LogP contribution in [0.5, 0.6) is 0 Å². The van der Waals surface area contributed by atoms with Gasteiger partial charge in [0.2, 0.25) is 0 Å². The van der Waals surface area contributed by atoms with Crippen LogP contribution in [0.1, 0.15) is 12.5 Å². The highest BCUT2D eigenvalue weighted by Crippen LogP contribution is 2.08. The minimum absolute atomic E-state index is 0.0386. The van der Waals surface area contributed by atoms with E-state index in [1.807, 2.05) is 0 Å². The summed E-state index contributed by atoms with van der Waals surface area (Å²) in [5, 5.41) is 17.5. The second-order valence-electron chi connectivity index (χ2n) is 2.36. The summed E-state index contributed by atoms with van der Waals surface area (Å²) in [6, 6.07) is -0.0394. The van der Waals surface area contributed by atoms with Crippen molar-refractivity contribution in [2.75, 3.05) is 13.2 Å². The third-order valence-corrected chi connectivity index (χ3v) is 1.62. The molecule has 4 nitrogen and oxygen atoms in total. The summed E-state index contributed by atoms with van der Waals surface area (Å²) in [6.07, 6.45) is 5.62. The Kier molecular flexibility index (Phi) is 3.07. The number of imidazole rings is 1. The van der Waals surface area contributed by atoms with Gasteiger partial charge in [-0.15, -0.1) is 0 Å². The van der Waals surface area contributed by atoms with Crippen LogP contribution in [0.2, 0.25) is 0 Å². The van der Waals surface area contributed by atoms with E-state index in [9.17, 15) is 0 Å². The average Bonchev–Trinajstić information content (AvgIpc) is 2.52. The molecule has 1 atom stereocenters. The van der Waals surface area contributed by atoms with E-state index >= 15 is 0 Å². The van der Waals surface area contributed by atoms with Crippen molar-refractivity contribution in [2.24, 2.45) is 0 Å². The minimum Gasteiger partial charge on any atom is -0.396 e. The first-order chi connectivity index (χ1) is 5.38. The molecule has 4 heteroatoms. The van der Waals surface area contributed by atoms with Crippen molar-refractivity contribution in [1.29, 1.82) is 0 Å². The lowest BCUT2D eigenvalue weighted by molar-refractivity contribution is 0.186. The number of hydrogen-bond acceptors (Lipinski definition) is 3. The predicted octanol–water partition coefficient (Wildman–Crippen LogP) is -0.201. The molecule has 0 aromatic carbocycles. The highest BCUT2D eigenvalue weighted by Gasteiger charge is 2.06. The summed E-state index contributed by atoms with van der Waals surface area (Å²) >= 11 is 0. The average molecular weight is 156 g/mol. The van der Waals surface area contributed by atoms with Gasteiger partial charge in [-0.05, 0) is 6.42 Å². The maximum Gasteiger partial charge on any atom is 0.0949 e. The maximum absolute atomic E-state index is 8.87. The molecule has 0 saturated heterocycles. The Hall–Kier alpha value is -0.870. The van der Waals surface area contributed by atoms with Crippen LogP contribution in [0.25, 0.3) is 0 Å². The summed E-state index contributed by atoms with van der Waals surface area (Å²) in [6.45, 7) is 0.125. The van der Waals surface area contributed by atoms with E-state index in [0.717, 1.165) is 0 Å². The van der Waals surface area contributed by atoms with Crippen LogP contribution in [-0.4, -0.2) is 33.0 Å². The normalized spacial score (nSPS) is 13.3. The van der Waals surface area contributed by atoms with Crippen LogP contribution >= 0.6 is 0 Å². The molecule has 0 aliphatic heterocycles. The molecule has 0 aliphatic carbocycles. The molecular weight excluding hydrogens is 144 g/mol. The molecule has 62 valence electrons. The topological polar surface area (TPSA) is 58.3 Å². The standard InChI is InChI=1S/C7H12N2O2/c10-4-1-7(5-11)9-3-2-8-6-9/h2-3,6-7,10-11H,1,4-5H2. The zero-order chi connectivity index (χ0) is 8.10. The number of rotatable bonds is 4. The Bertz CT molecular complexity index is 186. The van der Waals surface area contributed by atoms with E-state index in [0.29, 0.717) is 6.42 Å². The Morgan fingerprint density at radius 1 is 1.45 bits per heavy atom. The summed E-state index contributed by atoms with van der Waals surface area (Å²) in [7, 11) is 0. The van der Waals surface area contributed by atoms with Crippen LogP contribution in [0, 0.1) is 0 Å². The van der Waals surface area contributed by atoms with Crippen LogP contribution in [0.15, 0.2) is 18.7 Å². The van der Waals surface area contributed by atoms with Gasteiger partial charge in [-0.1, -0.05) is 0 Å². The molecule has 2 N–H and O–H groups in total. The first kappa shape index (κ1) is 8.23. The van der Waals surface area contributed by atoms with Crippen LogP contribution < -0.4 is 0 Å². The third-order valence-electron chi connectivity index (χ3n) is 1.62. The molecule has 1 aromatic rings. The molecule has 0 amide bonds. The van der Waals surface area contributed by atoms with E-state index < -0.39 is 0 Å². The van der Waals surface area contributed by atoms with E-state index in [-0.39, 0.29) is 19.3 Å². The first-order valence-corrected chi connectivity index (χ1v) is 3.57. The lowest BCUT2D eigenvalue weighted by atomic mass is 10.2. The second-order valence-corrected chi connectivity index (χ2v) is 2.36. The highest BCUT2D eigenvalue weighted by atomic mass is 16.3. The van der Waals surface area contributed by atoms with Gasteiger partial charge in [0.15, 0.2) is 0 Å². The number of aliphatic hydroxyl groups is 2. The quantitative estimate of drug-likeness (QED) is 0.634. The highest BCUT2D eigenvalue weighted by molar-refractivity contribution is 4.79. The van der Waals surface area contributed by atoms with Gasteiger partial charge in [0.1, 0.15) is 0 Å². The number of hydrogen-bond donors (Lipinski definition) is 2. The van der Waals surface area contributed by atoms with Gasteiger partial charge in [0.05, 0.1) is 19.0 Å². The van der Waals surface area contributed by atoms with Crippen molar-refractivity contribution in [3.8, 4) is 0 Å². The molecule has 0 saturated carbocycles. The smallest absolute Gasteiger partial charge is 0.0949 e. The zero-order valence-electron chi connectivity index (χ0n) is 6.22.